The molecule has 0 unspecified atom stereocenters. The lowest BCUT2D eigenvalue weighted by Crippen LogP contribution is -2.38. The zero-order valence-electron chi connectivity index (χ0n) is 15.6. The van der Waals surface area contributed by atoms with Gasteiger partial charge in [0.2, 0.25) is 12.7 Å². The van der Waals surface area contributed by atoms with Crippen LogP contribution in [-0.4, -0.2) is 27.7 Å². The highest BCUT2D eigenvalue weighted by Crippen LogP contribution is 2.34. The Hall–Kier alpha value is -2.79. The van der Waals surface area contributed by atoms with Crippen molar-refractivity contribution in [1.29, 1.82) is 0 Å². The minimum atomic E-state index is -3.94. The predicted octanol–water partition coefficient (Wildman–Crippen LogP) is 3.85. The van der Waals surface area contributed by atoms with E-state index in [4.69, 9.17) is 9.47 Å². The van der Waals surface area contributed by atoms with E-state index in [9.17, 15) is 13.2 Å². The van der Waals surface area contributed by atoms with Crippen LogP contribution >= 0.6 is 22.6 Å². The van der Waals surface area contributed by atoms with Gasteiger partial charge in [0.1, 0.15) is 6.54 Å². The third kappa shape index (κ3) is 4.36. The lowest BCUT2D eigenvalue weighted by molar-refractivity contribution is -0.114. The molecule has 0 saturated carbocycles. The number of rotatable bonds is 6. The van der Waals surface area contributed by atoms with Crippen molar-refractivity contribution in [3.05, 3.63) is 76.4 Å². The van der Waals surface area contributed by atoms with E-state index in [1.54, 1.807) is 60.7 Å². The number of hydrogen-bond donors (Lipinski definition) is 1. The summed E-state index contributed by atoms with van der Waals surface area (Å²) < 4.78 is 39.2. The molecule has 1 aliphatic heterocycles. The Kier molecular flexibility index (Phi) is 5.82. The van der Waals surface area contributed by atoms with Gasteiger partial charge in [-0.2, -0.15) is 0 Å². The van der Waals surface area contributed by atoms with E-state index >= 15 is 0 Å². The molecule has 1 N–H and O–H groups in total. The van der Waals surface area contributed by atoms with Gasteiger partial charge in [0.05, 0.1) is 10.6 Å². The van der Waals surface area contributed by atoms with Crippen molar-refractivity contribution in [3.8, 4) is 11.5 Å². The van der Waals surface area contributed by atoms with Crippen molar-refractivity contribution >= 4 is 49.9 Å². The fourth-order valence-electron chi connectivity index (χ4n) is 2.95. The van der Waals surface area contributed by atoms with Crippen LogP contribution in [-0.2, 0) is 14.8 Å². The normalized spacial score (nSPS) is 12.4. The highest BCUT2D eigenvalue weighted by atomic mass is 127. The van der Waals surface area contributed by atoms with Crippen LogP contribution in [0.15, 0.2) is 77.7 Å². The molecule has 0 aliphatic carbocycles. The lowest BCUT2D eigenvalue weighted by atomic mass is 10.2. The van der Waals surface area contributed by atoms with Crippen molar-refractivity contribution < 1.29 is 22.7 Å². The van der Waals surface area contributed by atoms with E-state index in [2.05, 4.69) is 27.9 Å². The van der Waals surface area contributed by atoms with Gasteiger partial charge in [0.15, 0.2) is 11.5 Å². The molecule has 0 aromatic heterocycles. The fourth-order valence-corrected chi connectivity index (χ4v) is 4.75. The second-order valence-corrected chi connectivity index (χ2v) is 9.53. The summed E-state index contributed by atoms with van der Waals surface area (Å²) in [5, 5.41) is 2.72. The maximum absolute atomic E-state index is 13.3. The van der Waals surface area contributed by atoms with E-state index in [0.717, 1.165) is 7.88 Å². The molecular formula is C21H17IN2O5S. The molecule has 0 spiro atoms. The number of sulfonamides is 1. The van der Waals surface area contributed by atoms with Gasteiger partial charge in [-0.1, -0.05) is 18.2 Å². The minimum absolute atomic E-state index is 0.111. The number of benzene rings is 3. The van der Waals surface area contributed by atoms with Crippen LogP contribution in [0.4, 0.5) is 11.4 Å². The number of halogens is 1. The molecule has 1 heterocycles. The number of carbonyl (C=O) groups excluding carboxylic acids is 1. The Morgan fingerprint density at radius 3 is 2.40 bits per heavy atom. The van der Waals surface area contributed by atoms with Crippen LogP contribution in [0.1, 0.15) is 0 Å². The maximum atomic E-state index is 13.3. The van der Waals surface area contributed by atoms with Gasteiger partial charge in [-0.05, 0) is 71.1 Å². The average Bonchev–Trinajstić information content (AvgIpc) is 3.21. The highest BCUT2D eigenvalue weighted by Gasteiger charge is 2.27. The lowest BCUT2D eigenvalue weighted by Gasteiger charge is -2.24. The number of hydrogen-bond acceptors (Lipinski definition) is 5. The van der Waals surface area contributed by atoms with Crippen LogP contribution in [0, 0.1) is 3.57 Å². The third-order valence-electron chi connectivity index (χ3n) is 4.39. The van der Waals surface area contributed by atoms with Gasteiger partial charge >= 0.3 is 0 Å². The average molecular weight is 536 g/mol. The Morgan fingerprint density at radius 1 is 0.967 bits per heavy atom. The Labute approximate surface area is 187 Å². The molecule has 3 aromatic carbocycles. The van der Waals surface area contributed by atoms with Gasteiger partial charge in [0.25, 0.3) is 10.0 Å². The summed E-state index contributed by atoms with van der Waals surface area (Å²) in [5.41, 5.74) is 0.893. The SMILES string of the molecule is O=C(CN(c1ccc(I)cc1)S(=O)(=O)c1ccccc1)Nc1ccc2c(c1)OCO2. The van der Waals surface area contributed by atoms with Crippen LogP contribution in [0.5, 0.6) is 11.5 Å². The smallest absolute Gasteiger partial charge is 0.264 e. The van der Waals surface area contributed by atoms with E-state index in [0.29, 0.717) is 22.9 Å². The second-order valence-electron chi connectivity index (χ2n) is 6.42. The minimum Gasteiger partial charge on any atom is -0.454 e. The second kappa shape index (κ2) is 8.52. The summed E-state index contributed by atoms with van der Waals surface area (Å²) in [7, 11) is -3.94. The number of carbonyl (C=O) groups is 1. The Balaban J connectivity index is 1.61. The topological polar surface area (TPSA) is 84.9 Å². The zero-order chi connectivity index (χ0) is 21.1. The molecule has 0 saturated heterocycles. The number of nitrogens with zero attached hydrogens (tertiary/aromatic N) is 1. The third-order valence-corrected chi connectivity index (χ3v) is 6.90. The maximum Gasteiger partial charge on any atom is 0.264 e. The molecule has 7 nitrogen and oxygen atoms in total. The van der Waals surface area contributed by atoms with E-state index < -0.39 is 15.9 Å². The van der Waals surface area contributed by atoms with Gasteiger partial charge in [-0.15, -0.1) is 0 Å². The quantitative estimate of drug-likeness (QED) is 0.484. The largest absolute Gasteiger partial charge is 0.454 e. The van der Waals surface area contributed by atoms with Crippen molar-refractivity contribution in [2.24, 2.45) is 0 Å². The number of ether oxygens (including phenoxy) is 2. The van der Waals surface area contributed by atoms with E-state index in [1.165, 1.54) is 12.1 Å². The van der Waals surface area contributed by atoms with Gasteiger partial charge in [-0.25, -0.2) is 8.42 Å². The number of fused-ring (bicyclic) bond motifs is 1. The zero-order valence-corrected chi connectivity index (χ0v) is 18.6. The molecule has 4 rings (SSSR count). The van der Waals surface area contributed by atoms with E-state index in [-0.39, 0.29) is 18.2 Å². The summed E-state index contributed by atoms with van der Waals surface area (Å²) in [6.45, 7) is -0.255. The summed E-state index contributed by atoms with van der Waals surface area (Å²) in [4.78, 5) is 12.9. The highest BCUT2D eigenvalue weighted by molar-refractivity contribution is 14.1. The number of amides is 1. The molecule has 9 heteroatoms. The van der Waals surface area contributed by atoms with Gasteiger partial charge in [0, 0.05) is 15.3 Å². The molecule has 154 valence electrons. The van der Waals surface area contributed by atoms with Gasteiger partial charge in [-0.3, -0.25) is 9.10 Å². The number of nitrogens with one attached hydrogen (secondary N) is 1. The molecule has 3 aromatic rings. The Morgan fingerprint density at radius 2 is 1.67 bits per heavy atom. The van der Waals surface area contributed by atoms with Crippen molar-refractivity contribution in [1.82, 2.24) is 0 Å². The summed E-state index contributed by atoms with van der Waals surface area (Å²) >= 11 is 2.14. The monoisotopic (exact) mass is 536 g/mol. The fraction of sp³-hybridized carbons (Fsp3) is 0.0952. The molecular weight excluding hydrogens is 519 g/mol. The Bertz CT molecular complexity index is 1170. The summed E-state index contributed by atoms with van der Waals surface area (Å²) in [6.07, 6.45) is 0. The first-order chi connectivity index (χ1) is 14.4. The number of anilines is 2. The van der Waals surface area contributed by atoms with Crippen molar-refractivity contribution in [3.63, 3.8) is 0 Å². The van der Waals surface area contributed by atoms with Crippen LogP contribution < -0.4 is 19.1 Å². The van der Waals surface area contributed by atoms with Crippen LogP contribution in [0.25, 0.3) is 0 Å². The molecule has 0 bridgehead atoms. The standard InChI is InChI=1S/C21H17IN2O5S/c22-15-6-9-17(10-7-15)24(30(26,27)18-4-2-1-3-5-18)13-21(25)23-16-8-11-19-20(12-16)29-14-28-19/h1-12H,13-14H2,(H,23,25). The van der Waals surface area contributed by atoms with Crippen molar-refractivity contribution in [2.75, 3.05) is 23.0 Å². The molecule has 0 fully saturated rings. The molecule has 1 amide bonds. The predicted molar refractivity (Wildman–Crippen MR) is 121 cm³/mol. The van der Waals surface area contributed by atoms with Crippen LogP contribution in [0.2, 0.25) is 0 Å². The summed E-state index contributed by atoms with van der Waals surface area (Å²) in [5.74, 6) is 0.645. The first kappa shape index (κ1) is 20.5. The first-order valence-corrected chi connectivity index (χ1v) is 11.5. The van der Waals surface area contributed by atoms with Gasteiger partial charge < -0.3 is 14.8 Å². The summed E-state index contributed by atoms with van der Waals surface area (Å²) in [6, 6.07) is 20.0. The van der Waals surface area contributed by atoms with Crippen LogP contribution in [0.3, 0.4) is 0 Å². The first-order valence-electron chi connectivity index (χ1n) is 8.96. The molecule has 0 atom stereocenters. The molecule has 1 aliphatic rings. The molecule has 0 radical (unpaired) electrons. The van der Waals surface area contributed by atoms with E-state index in [1.807, 2.05) is 0 Å². The molecule has 30 heavy (non-hydrogen) atoms. The van der Waals surface area contributed by atoms with Crippen molar-refractivity contribution in [2.45, 2.75) is 4.90 Å².